The molecule has 1 fully saturated rings. The number of piperidine rings is 1. The Morgan fingerprint density at radius 1 is 1.67 bits per heavy atom. The summed E-state index contributed by atoms with van der Waals surface area (Å²) in [6.07, 6.45) is 8.72. The first-order chi connectivity index (χ1) is 8.81. The molecule has 1 saturated heterocycles. The third-order valence-electron chi connectivity index (χ3n) is 3.08. The summed E-state index contributed by atoms with van der Waals surface area (Å²) in [7, 11) is 0. The van der Waals surface area contributed by atoms with Gasteiger partial charge in [-0.2, -0.15) is 0 Å². The highest BCUT2D eigenvalue weighted by Crippen LogP contribution is 2.19. The van der Waals surface area contributed by atoms with Crippen LogP contribution in [0, 0.1) is 18.3 Å². The zero-order chi connectivity index (χ0) is 12.8. The van der Waals surface area contributed by atoms with Crippen LogP contribution in [0.2, 0.25) is 0 Å². The van der Waals surface area contributed by atoms with Crippen molar-refractivity contribution in [2.45, 2.75) is 12.8 Å². The molecule has 0 spiro atoms. The Bertz CT molecular complexity index is 419. The van der Waals surface area contributed by atoms with E-state index in [2.05, 4.69) is 5.92 Å². The fourth-order valence-electron chi connectivity index (χ4n) is 2.23. The zero-order valence-corrected chi connectivity index (χ0v) is 10.3. The SMILES string of the molecule is C#CCOCC1CCCN(C(=O)c2ccco2)C1. The Labute approximate surface area is 107 Å². The molecule has 1 atom stereocenters. The minimum Gasteiger partial charge on any atom is -0.459 e. The number of likely N-dealkylation sites (tertiary alicyclic amines) is 1. The number of hydrogen-bond donors (Lipinski definition) is 0. The summed E-state index contributed by atoms with van der Waals surface area (Å²) in [4.78, 5) is 13.9. The fourth-order valence-corrected chi connectivity index (χ4v) is 2.23. The van der Waals surface area contributed by atoms with Crippen LogP contribution in [-0.2, 0) is 4.74 Å². The van der Waals surface area contributed by atoms with Gasteiger partial charge in [-0.3, -0.25) is 4.79 Å². The van der Waals surface area contributed by atoms with Gasteiger partial charge in [-0.05, 0) is 25.0 Å². The summed E-state index contributed by atoms with van der Waals surface area (Å²) >= 11 is 0. The van der Waals surface area contributed by atoms with Crippen molar-refractivity contribution in [3.63, 3.8) is 0 Å². The fraction of sp³-hybridized carbons (Fsp3) is 0.500. The van der Waals surface area contributed by atoms with Crippen LogP contribution < -0.4 is 0 Å². The van der Waals surface area contributed by atoms with Gasteiger partial charge in [0, 0.05) is 19.0 Å². The quantitative estimate of drug-likeness (QED) is 0.601. The second-order valence-corrected chi connectivity index (χ2v) is 4.46. The van der Waals surface area contributed by atoms with Gasteiger partial charge in [-0.25, -0.2) is 0 Å². The predicted octanol–water partition coefficient (Wildman–Crippen LogP) is 1.78. The van der Waals surface area contributed by atoms with Crippen molar-refractivity contribution in [2.75, 3.05) is 26.3 Å². The van der Waals surface area contributed by atoms with E-state index in [0.29, 0.717) is 31.4 Å². The van der Waals surface area contributed by atoms with Crippen molar-refractivity contribution in [3.8, 4) is 12.3 Å². The molecule has 1 aromatic rings. The number of amides is 1. The van der Waals surface area contributed by atoms with E-state index in [4.69, 9.17) is 15.6 Å². The molecule has 0 bridgehead atoms. The van der Waals surface area contributed by atoms with E-state index in [1.54, 1.807) is 12.1 Å². The lowest BCUT2D eigenvalue weighted by Gasteiger charge is -2.31. The summed E-state index contributed by atoms with van der Waals surface area (Å²) in [6.45, 7) is 2.45. The molecule has 0 aromatic carbocycles. The maximum Gasteiger partial charge on any atom is 0.289 e. The topological polar surface area (TPSA) is 42.7 Å². The second-order valence-electron chi connectivity index (χ2n) is 4.46. The van der Waals surface area contributed by atoms with Crippen molar-refractivity contribution in [3.05, 3.63) is 24.2 Å². The third-order valence-corrected chi connectivity index (χ3v) is 3.08. The molecule has 0 radical (unpaired) electrons. The Kier molecular flexibility index (Phi) is 4.43. The smallest absolute Gasteiger partial charge is 0.289 e. The highest BCUT2D eigenvalue weighted by Gasteiger charge is 2.25. The number of furan rings is 1. The van der Waals surface area contributed by atoms with Crippen molar-refractivity contribution in [2.24, 2.45) is 5.92 Å². The van der Waals surface area contributed by atoms with Gasteiger partial charge in [-0.1, -0.05) is 5.92 Å². The maximum atomic E-state index is 12.1. The summed E-state index contributed by atoms with van der Waals surface area (Å²) < 4.78 is 10.5. The molecule has 4 heteroatoms. The van der Waals surface area contributed by atoms with E-state index in [1.807, 2.05) is 4.90 Å². The first kappa shape index (κ1) is 12.7. The van der Waals surface area contributed by atoms with E-state index >= 15 is 0 Å². The van der Waals surface area contributed by atoms with Gasteiger partial charge >= 0.3 is 0 Å². The van der Waals surface area contributed by atoms with Crippen LogP contribution in [0.1, 0.15) is 23.4 Å². The average Bonchev–Trinajstić information content (AvgIpc) is 2.92. The Morgan fingerprint density at radius 2 is 2.56 bits per heavy atom. The lowest BCUT2D eigenvalue weighted by atomic mass is 9.99. The third kappa shape index (κ3) is 3.14. The Morgan fingerprint density at radius 3 is 3.28 bits per heavy atom. The molecular weight excluding hydrogens is 230 g/mol. The predicted molar refractivity (Wildman–Crippen MR) is 67.0 cm³/mol. The lowest BCUT2D eigenvalue weighted by Crippen LogP contribution is -2.41. The standard InChI is InChI=1S/C14H17NO3/c1-2-8-17-11-12-5-3-7-15(10-12)14(16)13-6-4-9-18-13/h1,4,6,9,12H,3,5,7-8,10-11H2. The maximum absolute atomic E-state index is 12.1. The lowest BCUT2D eigenvalue weighted by molar-refractivity contribution is 0.0509. The summed E-state index contributed by atoms with van der Waals surface area (Å²) in [5.41, 5.74) is 0. The summed E-state index contributed by atoms with van der Waals surface area (Å²) in [5.74, 6) is 3.18. The molecule has 1 unspecified atom stereocenters. The number of nitrogens with zero attached hydrogens (tertiary/aromatic N) is 1. The van der Waals surface area contributed by atoms with Gasteiger partial charge in [0.1, 0.15) is 6.61 Å². The first-order valence-electron chi connectivity index (χ1n) is 6.15. The number of hydrogen-bond acceptors (Lipinski definition) is 3. The molecule has 96 valence electrons. The molecule has 2 heterocycles. The molecule has 4 nitrogen and oxygen atoms in total. The van der Waals surface area contributed by atoms with Crippen molar-refractivity contribution in [1.82, 2.24) is 4.90 Å². The number of carbonyl (C=O) groups excluding carboxylic acids is 1. The normalized spacial score (nSPS) is 19.5. The van der Waals surface area contributed by atoms with Crippen LogP contribution in [-0.4, -0.2) is 37.1 Å². The Balaban J connectivity index is 1.87. The average molecular weight is 247 g/mol. The van der Waals surface area contributed by atoms with E-state index in [1.165, 1.54) is 6.26 Å². The molecule has 1 aromatic heterocycles. The van der Waals surface area contributed by atoms with Crippen LogP contribution in [0.25, 0.3) is 0 Å². The van der Waals surface area contributed by atoms with Crippen molar-refractivity contribution < 1.29 is 13.9 Å². The van der Waals surface area contributed by atoms with Crippen LogP contribution in [0.15, 0.2) is 22.8 Å². The van der Waals surface area contributed by atoms with Crippen LogP contribution in [0.5, 0.6) is 0 Å². The van der Waals surface area contributed by atoms with Crippen LogP contribution in [0.4, 0.5) is 0 Å². The van der Waals surface area contributed by atoms with Gasteiger partial charge in [0.05, 0.1) is 12.9 Å². The Hall–Kier alpha value is -1.73. The van der Waals surface area contributed by atoms with Crippen molar-refractivity contribution >= 4 is 5.91 Å². The monoisotopic (exact) mass is 247 g/mol. The molecular formula is C14H17NO3. The molecule has 18 heavy (non-hydrogen) atoms. The molecule has 0 saturated carbocycles. The largest absolute Gasteiger partial charge is 0.459 e. The number of rotatable bonds is 4. The molecule has 1 aliphatic rings. The van der Waals surface area contributed by atoms with E-state index in [-0.39, 0.29) is 5.91 Å². The van der Waals surface area contributed by atoms with Crippen LogP contribution in [0.3, 0.4) is 0 Å². The van der Waals surface area contributed by atoms with Crippen molar-refractivity contribution in [1.29, 1.82) is 0 Å². The van der Waals surface area contributed by atoms with E-state index in [9.17, 15) is 4.79 Å². The van der Waals surface area contributed by atoms with E-state index in [0.717, 1.165) is 19.4 Å². The summed E-state index contributed by atoms with van der Waals surface area (Å²) in [5, 5.41) is 0. The number of ether oxygens (including phenoxy) is 1. The van der Waals surface area contributed by atoms with Gasteiger partial charge in [0.2, 0.25) is 0 Å². The summed E-state index contributed by atoms with van der Waals surface area (Å²) in [6, 6.07) is 3.42. The van der Waals surface area contributed by atoms with Gasteiger partial charge in [0.15, 0.2) is 5.76 Å². The molecule has 2 rings (SSSR count). The minimum absolute atomic E-state index is 0.0401. The highest BCUT2D eigenvalue weighted by atomic mass is 16.5. The van der Waals surface area contributed by atoms with Gasteiger partial charge in [0.25, 0.3) is 5.91 Å². The molecule has 1 aliphatic heterocycles. The minimum atomic E-state index is -0.0401. The second kappa shape index (κ2) is 6.27. The van der Waals surface area contributed by atoms with Crippen LogP contribution >= 0.6 is 0 Å². The van der Waals surface area contributed by atoms with E-state index < -0.39 is 0 Å². The first-order valence-corrected chi connectivity index (χ1v) is 6.15. The highest BCUT2D eigenvalue weighted by molar-refractivity contribution is 5.91. The van der Waals surface area contributed by atoms with Gasteiger partial charge in [-0.15, -0.1) is 6.42 Å². The molecule has 1 amide bonds. The molecule has 0 aliphatic carbocycles. The van der Waals surface area contributed by atoms with Gasteiger partial charge < -0.3 is 14.1 Å². The number of carbonyl (C=O) groups is 1. The number of terminal acetylenes is 1. The zero-order valence-electron chi connectivity index (χ0n) is 10.3. The molecule has 0 N–H and O–H groups in total.